The maximum atomic E-state index is 11.0. The first kappa shape index (κ1) is 18.7. The number of hydrogen-bond acceptors (Lipinski definition) is 6. The van der Waals surface area contributed by atoms with Gasteiger partial charge >= 0.3 is 5.00 Å². The summed E-state index contributed by atoms with van der Waals surface area (Å²) in [6.45, 7) is 0. The van der Waals surface area contributed by atoms with Crippen LogP contribution in [0.1, 0.15) is 0 Å². The van der Waals surface area contributed by atoms with E-state index < -0.39 is 4.92 Å². The van der Waals surface area contributed by atoms with Crippen molar-refractivity contribution in [1.82, 2.24) is 9.97 Å². The number of nitrogens with zero attached hydrogens (tertiary/aromatic N) is 2. The van der Waals surface area contributed by atoms with E-state index in [1.54, 1.807) is 20.3 Å². The predicted molar refractivity (Wildman–Crippen MR) is 113 cm³/mol. The van der Waals surface area contributed by atoms with Crippen molar-refractivity contribution in [3.05, 3.63) is 70.8 Å². The molecule has 0 atom stereocenters. The van der Waals surface area contributed by atoms with Gasteiger partial charge in [-0.3, -0.25) is 10.1 Å². The quantitative estimate of drug-likeness (QED) is 0.341. The topological polar surface area (TPSA) is 90.3 Å². The summed E-state index contributed by atoms with van der Waals surface area (Å²) in [6, 6.07) is 18.5. The zero-order chi connectivity index (χ0) is 20.4. The highest BCUT2D eigenvalue weighted by atomic mass is 32.1. The van der Waals surface area contributed by atoms with E-state index in [2.05, 4.69) is 4.98 Å². The molecule has 0 aliphatic rings. The minimum Gasteiger partial charge on any atom is -0.497 e. The highest BCUT2D eigenvalue weighted by Crippen LogP contribution is 2.37. The first-order valence-corrected chi connectivity index (χ1v) is 9.54. The Bertz CT molecular complexity index is 1080. The number of thiophene rings is 1. The lowest BCUT2D eigenvalue weighted by Gasteiger charge is -2.06. The molecule has 0 aliphatic heterocycles. The lowest BCUT2D eigenvalue weighted by Crippen LogP contribution is -1.87. The van der Waals surface area contributed by atoms with E-state index in [-0.39, 0.29) is 5.00 Å². The van der Waals surface area contributed by atoms with Gasteiger partial charge < -0.3 is 14.5 Å². The average molecular weight is 407 g/mol. The Balaban J connectivity index is 1.83. The van der Waals surface area contributed by atoms with Crippen LogP contribution >= 0.6 is 11.3 Å². The smallest absolute Gasteiger partial charge is 0.324 e. The number of methoxy groups -OCH3 is 2. The Kier molecular flexibility index (Phi) is 5.01. The molecule has 0 aliphatic carbocycles. The van der Waals surface area contributed by atoms with Crippen LogP contribution in [-0.4, -0.2) is 29.1 Å². The van der Waals surface area contributed by atoms with Crippen LogP contribution in [0.25, 0.3) is 33.2 Å². The molecule has 8 heteroatoms. The third kappa shape index (κ3) is 3.70. The maximum absolute atomic E-state index is 11.0. The molecule has 2 aromatic heterocycles. The van der Waals surface area contributed by atoms with E-state index in [1.165, 1.54) is 6.07 Å². The number of ether oxygens (including phenoxy) is 2. The van der Waals surface area contributed by atoms with E-state index in [4.69, 9.17) is 14.5 Å². The van der Waals surface area contributed by atoms with Gasteiger partial charge in [-0.1, -0.05) is 11.3 Å². The van der Waals surface area contributed by atoms with Crippen molar-refractivity contribution in [1.29, 1.82) is 0 Å². The van der Waals surface area contributed by atoms with E-state index in [1.807, 2.05) is 48.5 Å². The van der Waals surface area contributed by atoms with Gasteiger partial charge in [0, 0.05) is 17.2 Å². The molecule has 0 saturated carbocycles. The number of imidazole rings is 1. The summed E-state index contributed by atoms with van der Waals surface area (Å²) < 4.78 is 10.5. The van der Waals surface area contributed by atoms with Crippen molar-refractivity contribution in [3.63, 3.8) is 0 Å². The fourth-order valence-corrected chi connectivity index (χ4v) is 3.73. The number of rotatable bonds is 6. The zero-order valence-corrected chi connectivity index (χ0v) is 16.5. The molecular formula is C21H17N3O4S. The van der Waals surface area contributed by atoms with Crippen molar-refractivity contribution < 1.29 is 14.4 Å². The molecule has 2 heterocycles. The van der Waals surface area contributed by atoms with Crippen LogP contribution in [-0.2, 0) is 0 Å². The lowest BCUT2D eigenvalue weighted by molar-refractivity contribution is -0.380. The minimum absolute atomic E-state index is 0.0772. The monoisotopic (exact) mass is 407 g/mol. The molecule has 4 aromatic rings. The second-order valence-corrected chi connectivity index (χ2v) is 7.22. The summed E-state index contributed by atoms with van der Waals surface area (Å²) in [4.78, 5) is 19.4. The van der Waals surface area contributed by atoms with Crippen molar-refractivity contribution in [2.45, 2.75) is 0 Å². The molecular weight excluding hydrogens is 390 g/mol. The molecule has 0 unspecified atom stereocenters. The van der Waals surface area contributed by atoms with Crippen LogP contribution in [0.2, 0.25) is 0 Å². The Morgan fingerprint density at radius 1 is 0.897 bits per heavy atom. The van der Waals surface area contributed by atoms with Crippen LogP contribution in [0.15, 0.2) is 60.7 Å². The zero-order valence-electron chi connectivity index (χ0n) is 15.7. The second-order valence-electron chi connectivity index (χ2n) is 6.16. The van der Waals surface area contributed by atoms with Gasteiger partial charge in [0.25, 0.3) is 0 Å². The third-order valence-electron chi connectivity index (χ3n) is 4.45. The normalized spacial score (nSPS) is 10.7. The molecule has 29 heavy (non-hydrogen) atoms. The van der Waals surface area contributed by atoms with Crippen LogP contribution in [0.3, 0.4) is 0 Å². The largest absolute Gasteiger partial charge is 0.497 e. The van der Waals surface area contributed by atoms with Gasteiger partial charge in [-0.25, -0.2) is 4.98 Å². The second kappa shape index (κ2) is 7.76. The number of nitrogens with one attached hydrogen (secondary N) is 1. The maximum Gasteiger partial charge on any atom is 0.324 e. The van der Waals surface area contributed by atoms with Crippen LogP contribution in [0.5, 0.6) is 11.5 Å². The summed E-state index contributed by atoms with van der Waals surface area (Å²) in [5, 5.41) is 11.1. The molecule has 0 fully saturated rings. The Hall–Kier alpha value is -3.65. The predicted octanol–water partition coefficient (Wildman–Crippen LogP) is 5.40. The molecule has 7 nitrogen and oxygen atoms in total. The van der Waals surface area contributed by atoms with E-state index in [0.29, 0.717) is 10.7 Å². The highest BCUT2D eigenvalue weighted by Gasteiger charge is 2.18. The molecule has 1 N–H and O–H groups in total. The van der Waals surface area contributed by atoms with E-state index >= 15 is 0 Å². The van der Waals surface area contributed by atoms with Gasteiger partial charge in [-0.05, 0) is 54.6 Å². The first-order chi connectivity index (χ1) is 14.1. The van der Waals surface area contributed by atoms with Gasteiger partial charge in [-0.2, -0.15) is 0 Å². The number of hydrogen-bond donors (Lipinski definition) is 1. The Morgan fingerprint density at radius 3 is 2.00 bits per heavy atom. The minimum atomic E-state index is -0.397. The number of nitro groups is 1. The molecule has 146 valence electrons. The Labute approximate surface area is 170 Å². The van der Waals surface area contributed by atoms with Crippen molar-refractivity contribution in [2.75, 3.05) is 14.2 Å². The molecule has 4 rings (SSSR count). The fraction of sp³-hybridized carbons (Fsp3) is 0.0952. The molecule has 0 spiro atoms. The standard InChI is InChI=1S/C21H17N3O4S/c1-27-15-7-3-13(4-8-15)19-20(14-5-9-16(28-2)10-6-14)23-21(22-19)17-11-12-18(29-17)24(25)26/h3-12H,1-2H3,(H,22,23). The Morgan fingerprint density at radius 2 is 1.48 bits per heavy atom. The fourth-order valence-electron chi connectivity index (χ4n) is 2.97. The number of aromatic amines is 1. The van der Waals surface area contributed by atoms with Gasteiger partial charge in [-0.15, -0.1) is 0 Å². The molecule has 0 amide bonds. The third-order valence-corrected chi connectivity index (χ3v) is 5.49. The highest BCUT2D eigenvalue weighted by molar-refractivity contribution is 7.18. The summed E-state index contributed by atoms with van der Waals surface area (Å²) in [5.41, 5.74) is 3.42. The van der Waals surface area contributed by atoms with Gasteiger partial charge in [0.2, 0.25) is 0 Å². The molecule has 0 bridgehead atoms. The number of H-pyrrole nitrogens is 1. The molecule has 0 radical (unpaired) electrons. The number of benzene rings is 2. The summed E-state index contributed by atoms with van der Waals surface area (Å²) in [6.07, 6.45) is 0. The van der Waals surface area contributed by atoms with E-state index in [9.17, 15) is 10.1 Å². The van der Waals surface area contributed by atoms with E-state index in [0.717, 1.165) is 45.4 Å². The molecule has 2 aromatic carbocycles. The van der Waals surface area contributed by atoms with Crippen molar-refractivity contribution in [2.24, 2.45) is 0 Å². The molecule has 0 saturated heterocycles. The summed E-state index contributed by atoms with van der Waals surface area (Å²) >= 11 is 1.09. The average Bonchev–Trinajstić information content (AvgIpc) is 3.41. The SMILES string of the molecule is COc1ccc(-c2nc(-c3ccc([N+](=O)[O-])s3)[nH]c2-c2ccc(OC)cc2)cc1. The van der Waals surface area contributed by atoms with Gasteiger partial charge in [0.05, 0.1) is 35.4 Å². The van der Waals surface area contributed by atoms with Crippen LogP contribution < -0.4 is 9.47 Å². The van der Waals surface area contributed by atoms with Crippen LogP contribution in [0.4, 0.5) is 5.00 Å². The van der Waals surface area contributed by atoms with Gasteiger partial charge in [0.1, 0.15) is 17.3 Å². The summed E-state index contributed by atoms with van der Waals surface area (Å²) in [5.74, 6) is 2.09. The number of aromatic nitrogens is 2. The lowest BCUT2D eigenvalue weighted by atomic mass is 10.0. The van der Waals surface area contributed by atoms with Crippen molar-refractivity contribution in [3.8, 4) is 44.7 Å². The van der Waals surface area contributed by atoms with Crippen molar-refractivity contribution >= 4 is 16.3 Å². The van der Waals surface area contributed by atoms with Gasteiger partial charge in [0.15, 0.2) is 0 Å². The van der Waals surface area contributed by atoms with Crippen LogP contribution in [0, 0.1) is 10.1 Å². The summed E-state index contributed by atoms with van der Waals surface area (Å²) in [7, 11) is 3.24. The first-order valence-electron chi connectivity index (χ1n) is 8.72.